The quantitative estimate of drug-likeness (QED) is 0.835. The molecule has 1 saturated carbocycles. The Morgan fingerprint density at radius 3 is 2.45 bits per heavy atom. The molecule has 5 atom stereocenters. The minimum absolute atomic E-state index is 0.140. The maximum atomic E-state index is 12.8. The van der Waals surface area contributed by atoms with Crippen LogP contribution in [0.25, 0.3) is 0 Å². The molecule has 1 amide bonds. The van der Waals surface area contributed by atoms with Crippen molar-refractivity contribution in [3.63, 3.8) is 0 Å². The van der Waals surface area contributed by atoms with Crippen molar-refractivity contribution < 1.29 is 4.79 Å². The highest BCUT2D eigenvalue weighted by Crippen LogP contribution is 2.34. The Kier molecular flexibility index (Phi) is 5.08. The number of hydrogen-bond donors (Lipinski definition) is 1. The zero-order chi connectivity index (χ0) is 14.9. The van der Waals surface area contributed by atoms with E-state index < -0.39 is 0 Å². The van der Waals surface area contributed by atoms with Gasteiger partial charge in [-0.15, -0.1) is 0 Å². The van der Waals surface area contributed by atoms with Crippen LogP contribution in [0, 0.1) is 17.8 Å². The van der Waals surface area contributed by atoms with E-state index in [0.29, 0.717) is 23.8 Å². The van der Waals surface area contributed by atoms with Crippen LogP contribution in [0.5, 0.6) is 0 Å². The van der Waals surface area contributed by atoms with Gasteiger partial charge in [0, 0.05) is 37.6 Å². The molecule has 0 aromatic rings. The van der Waals surface area contributed by atoms with Gasteiger partial charge in [0.25, 0.3) is 0 Å². The Labute approximate surface area is 123 Å². The van der Waals surface area contributed by atoms with E-state index in [-0.39, 0.29) is 12.0 Å². The lowest BCUT2D eigenvalue weighted by Gasteiger charge is -2.43. The van der Waals surface area contributed by atoms with Gasteiger partial charge in [-0.3, -0.25) is 9.69 Å². The van der Waals surface area contributed by atoms with Crippen molar-refractivity contribution in [3.05, 3.63) is 0 Å². The van der Waals surface area contributed by atoms with E-state index in [4.69, 9.17) is 5.73 Å². The summed E-state index contributed by atoms with van der Waals surface area (Å²) in [6.45, 7) is 12.7. The van der Waals surface area contributed by atoms with E-state index in [1.807, 2.05) is 0 Å². The lowest BCUT2D eigenvalue weighted by atomic mass is 9.72. The molecule has 1 heterocycles. The minimum atomic E-state index is 0.140. The molecule has 0 bridgehead atoms. The summed E-state index contributed by atoms with van der Waals surface area (Å²) in [4.78, 5) is 17.3. The van der Waals surface area contributed by atoms with Crippen molar-refractivity contribution in [2.75, 3.05) is 26.2 Å². The van der Waals surface area contributed by atoms with Crippen LogP contribution >= 0.6 is 0 Å². The van der Waals surface area contributed by atoms with Crippen molar-refractivity contribution in [2.45, 2.75) is 52.6 Å². The molecule has 4 heteroatoms. The van der Waals surface area contributed by atoms with E-state index in [1.54, 1.807) is 0 Å². The third-order valence-electron chi connectivity index (χ3n) is 5.49. The lowest BCUT2D eigenvalue weighted by Crippen LogP contribution is -2.56. The van der Waals surface area contributed by atoms with Gasteiger partial charge in [-0.1, -0.05) is 20.8 Å². The number of carbonyl (C=O) groups is 1. The highest BCUT2D eigenvalue weighted by atomic mass is 16.2. The Balaban J connectivity index is 1.97. The second-order valence-electron chi connectivity index (χ2n) is 6.96. The van der Waals surface area contributed by atoms with Crippen LogP contribution in [0.15, 0.2) is 0 Å². The van der Waals surface area contributed by atoms with Crippen molar-refractivity contribution in [2.24, 2.45) is 23.5 Å². The first-order chi connectivity index (χ1) is 9.43. The Morgan fingerprint density at radius 1 is 1.15 bits per heavy atom. The molecule has 116 valence electrons. The SMILES string of the molecule is CCN1CCN(C(=O)C2CC(N)C(C)CC2C)CC1C. The van der Waals surface area contributed by atoms with Crippen molar-refractivity contribution in [3.8, 4) is 0 Å². The predicted octanol–water partition coefficient (Wildman–Crippen LogP) is 1.55. The molecule has 0 radical (unpaired) electrons. The van der Waals surface area contributed by atoms with Gasteiger partial charge in [0.2, 0.25) is 5.91 Å². The molecule has 2 fully saturated rings. The molecule has 1 saturated heterocycles. The Bertz CT molecular complexity index is 347. The number of piperazine rings is 1. The molecule has 2 aliphatic rings. The zero-order valence-corrected chi connectivity index (χ0v) is 13.5. The fourth-order valence-electron chi connectivity index (χ4n) is 3.93. The molecule has 0 spiro atoms. The first kappa shape index (κ1) is 15.8. The first-order valence-electron chi connectivity index (χ1n) is 8.22. The van der Waals surface area contributed by atoms with E-state index in [0.717, 1.165) is 39.0 Å². The summed E-state index contributed by atoms with van der Waals surface area (Å²) >= 11 is 0. The van der Waals surface area contributed by atoms with Crippen LogP contribution < -0.4 is 5.73 Å². The second kappa shape index (κ2) is 6.44. The molecule has 4 nitrogen and oxygen atoms in total. The van der Waals surface area contributed by atoms with Crippen LogP contribution in [-0.2, 0) is 4.79 Å². The number of nitrogens with zero attached hydrogens (tertiary/aromatic N) is 2. The molecule has 0 aromatic carbocycles. The van der Waals surface area contributed by atoms with Gasteiger partial charge in [0.05, 0.1) is 0 Å². The fraction of sp³-hybridized carbons (Fsp3) is 0.938. The topological polar surface area (TPSA) is 49.6 Å². The second-order valence-corrected chi connectivity index (χ2v) is 6.96. The predicted molar refractivity (Wildman–Crippen MR) is 82.3 cm³/mol. The van der Waals surface area contributed by atoms with Crippen LogP contribution in [0.3, 0.4) is 0 Å². The number of nitrogens with two attached hydrogens (primary N) is 1. The molecular formula is C16H31N3O. The summed E-state index contributed by atoms with van der Waals surface area (Å²) in [5.41, 5.74) is 6.19. The van der Waals surface area contributed by atoms with Crippen LogP contribution in [0.1, 0.15) is 40.5 Å². The van der Waals surface area contributed by atoms with E-state index in [2.05, 4.69) is 37.5 Å². The smallest absolute Gasteiger partial charge is 0.226 e. The van der Waals surface area contributed by atoms with Gasteiger partial charge in [-0.25, -0.2) is 0 Å². The molecule has 1 aliphatic carbocycles. The number of rotatable bonds is 2. The first-order valence-corrected chi connectivity index (χ1v) is 8.22. The van der Waals surface area contributed by atoms with Crippen molar-refractivity contribution >= 4 is 5.91 Å². The summed E-state index contributed by atoms with van der Waals surface area (Å²) in [6.07, 6.45) is 1.95. The van der Waals surface area contributed by atoms with Crippen LogP contribution in [-0.4, -0.2) is 54.0 Å². The standard InChI is InChI=1S/C16H31N3O/c1-5-18-6-7-19(10-13(18)4)16(20)14-9-15(17)12(3)8-11(14)2/h11-15H,5-10,17H2,1-4H3. The number of amides is 1. The van der Waals surface area contributed by atoms with Gasteiger partial charge < -0.3 is 10.6 Å². The Hall–Kier alpha value is -0.610. The maximum Gasteiger partial charge on any atom is 0.226 e. The van der Waals surface area contributed by atoms with Gasteiger partial charge in [0.15, 0.2) is 0 Å². The van der Waals surface area contributed by atoms with E-state index >= 15 is 0 Å². The lowest BCUT2D eigenvalue weighted by molar-refractivity contribution is -0.141. The molecule has 0 aromatic heterocycles. The average Bonchev–Trinajstić information content (AvgIpc) is 2.42. The number of likely N-dealkylation sites (N-methyl/N-ethyl adjacent to an activating group) is 1. The molecule has 2 N–H and O–H groups in total. The molecule has 2 rings (SSSR count). The largest absolute Gasteiger partial charge is 0.340 e. The molecule has 5 unspecified atom stereocenters. The third kappa shape index (κ3) is 3.17. The van der Waals surface area contributed by atoms with Crippen LogP contribution in [0.4, 0.5) is 0 Å². The van der Waals surface area contributed by atoms with E-state index in [9.17, 15) is 4.79 Å². The summed E-state index contributed by atoms with van der Waals surface area (Å²) in [7, 11) is 0. The van der Waals surface area contributed by atoms with Crippen molar-refractivity contribution in [1.29, 1.82) is 0 Å². The average molecular weight is 281 g/mol. The molecular weight excluding hydrogens is 250 g/mol. The third-order valence-corrected chi connectivity index (χ3v) is 5.49. The number of carbonyl (C=O) groups excluding carboxylic acids is 1. The minimum Gasteiger partial charge on any atom is -0.340 e. The molecule has 1 aliphatic heterocycles. The summed E-state index contributed by atoms with van der Waals surface area (Å²) in [6, 6.07) is 0.665. The summed E-state index contributed by atoms with van der Waals surface area (Å²) < 4.78 is 0. The van der Waals surface area contributed by atoms with Gasteiger partial charge in [0.1, 0.15) is 0 Å². The van der Waals surface area contributed by atoms with E-state index in [1.165, 1.54) is 0 Å². The Morgan fingerprint density at radius 2 is 1.85 bits per heavy atom. The highest BCUT2D eigenvalue weighted by molar-refractivity contribution is 5.79. The van der Waals surface area contributed by atoms with Gasteiger partial charge in [-0.2, -0.15) is 0 Å². The normalized spacial score (nSPS) is 39.9. The maximum absolute atomic E-state index is 12.8. The summed E-state index contributed by atoms with van der Waals surface area (Å²) in [5, 5.41) is 0. The summed E-state index contributed by atoms with van der Waals surface area (Å²) in [5.74, 6) is 1.51. The fourth-order valence-corrected chi connectivity index (χ4v) is 3.93. The molecule has 20 heavy (non-hydrogen) atoms. The van der Waals surface area contributed by atoms with Gasteiger partial charge in [-0.05, 0) is 38.1 Å². The highest BCUT2D eigenvalue weighted by Gasteiger charge is 2.38. The monoisotopic (exact) mass is 281 g/mol. The van der Waals surface area contributed by atoms with Crippen molar-refractivity contribution in [1.82, 2.24) is 9.80 Å². The zero-order valence-electron chi connectivity index (χ0n) is 13.5. The van der Waals surface area contributed by atoms with Crippen LogP contribution in [0.2, 0.25) is 0 Å². The van der Waals surface area contributed by atoms with Gasteiger partial charge >= 0.3 is 0 Å². The number of hydrogen-bond acceptors (Lipinski definition) is 3.